The number of methoxy groups -OCH3 is 1. The first-order chi connectivity index (χ1) is 12.9. The lowest BCUT2D eigenvalue weighted by Crippen LogP contribution is -2.28. The molecule has 0 bridgehead atoms. The summed E-state index contributed by atoms with van der Waals surface area (Å²) in [5.74, 6) is -0.792. The van der Waals surface area contributed by atoms with Crippen molar-refractivity contribution in [2.75, 3.05) is 23.9 Å². The van der Waals surface area contributed by atoms with Gasteiger partial charge in [0.1, 0.15) is 11.4 Å². The summed E-state index contributed by atoms with van der Waals surface area (Å²) in [6.07, 6.45) is 0.0531. The maximum absolute atomic E-state index is 12.6. The van der Waals surface area contributed by atoms with Crippen LogP contribution in [0, 0.1) is 23.0 Å². The zero-order valence-electron chi connectivity index (χ0n) is 15.0. The lowest BCUT2D eigenvalue weighted by Gasteiger charge is -2.17. The first-order valence-corrected chi connectivity index (χ1v) is 8.39. The Morgan fingerprint density at radius 2 is 2.07 bits per heavy atom. The number of nitrogens with zero attached hydrogens (tertiary/aromatic N) is 2. The standard InChI is InChI=1S/C19H19N3O5/c1-12-4-3-5-14(8-12)21-11-13(9-18(21)23)19(24)20-16-10-15(27-2)6-7-17(16)22(25)26/h3-8,10,13H,9,11H2,1-2H3,(H,20,24)/t13-/m0/s1. The number of carbonyl (C=O) groups is 2. The Kier molecular flexibility index (Phi) is 5.07. The molecule has 1 saturated heterocycles. The molecule has 1 atom stereocenters. The highest BCUT2D eigenvalue weighted by Gasteiger charge is 2.35. The fourth-order valence-electron chi connectivity index (χ4n) is 3.06. The van der Waals surface area contributed by atoms with Crippen LogP contribution >= 0.6 is 0 Å². The van der Waals surface area contributed by atoms with Crippen LogP contribution in [0.4, 0.5) is 17.1 Å². The highest BCUT2D eigenvalue weighted by Crippen LogP contribution is 2.31. The molecule has 1 aliphatic rings. The number of aryl methyl sites for hydroxylation is 1. The quantitative estimate of drug-likeness (QED) is 0.645. The molecule has 1 heterocycles. The van der Waals surface area contributed by atoms with Crippen LogP contribution in [-0.2, 0) is 9.59 Å². The second-order valence-electron chi connectivity index (χ2n) is 6.37. The molecule has 0 aromatic heterocycles. The van der Waals surface area contributed by atoms with E-state index in [1.54, 1.807) is 4.90 Å². The van der Waals surface area contributed by atoms with E-state index in [0.717, 1.165) is 11.3 Å². The number of nitrogens with one attached hydrogen (secondary N) is 1. The lowest BCUT2D eigenvalue weighted by molar-refractivity contribution is -0.383. The number of amides is 2. The molecule has 2 amide bonds. The van der Waals surface area contributed by atoms with E-state index in [1.807, 2.05) is 31.2 Å². The van der Waals surface area contributed by atoms with Gasteiger partial charge in [-0.15, -0.1) is 0 Å². The van der Waals surface area contributed by atoms with Crippen molar-refractivity contribution >= 4 is 28.9 Å². The van der Waals surface area contributed by atoms with Crippen molar-refractivity contribution in [2.45, 2.75) is 13.3 Å². The highest BCUT2D eigenvalue weighted by molar-refractivity contribution is 6.04. The van der Waals surface area contributed by atoms with Crippen LogP contribution < -0.4 is 15.0 Å². The molecule has 1 aliphatic heterocycles. The van der Waals surface area contributed by atoms with Crippen LogP contribution in [0.15, 0.2) is 42.5 Å². The van der Waals surface area contributed by atoms with Crippen LogP contribution in [0.3, 0.4) is 0 Å². The largest absolute Gasteiger partial charge is 0.497 e. The van der Waals surface area contributed by atoms with Gasteiger partial charge in [0.05, 0.1) is 18.0 Å². The second-order valence-corrected chi connectivity index (χ2v) is 6.37. The number of nitro groups is 1. The summed E-state index contributed by atoms with van der Waals surface area (Å²) >= 11 is 0. The number of hydrogen-bond donors (Lipinski definition) is 1. The predicted molar refractivity (Wildman–Crippen MR) is 99.9 cm³/mol. The summed E-state index contributed by atoms with van der Waals surface area (Å²) in [5, 5.41) is 13.8. The molecule has 0 aliphatic carbocycles. The van der Waals surface area contributed by atoms with E-state index in [1.165, 1.54) is 25.3 Å². The maximum Gasteiger partial charge on any atom is 0.293 e. The van der Waals surface area contributed by atoms with Gasteiger partial charge in [0.25, 0.3) is 5.69 Å². The van der Waals surface area contributed by atoms with Crippen molar-refractivity contribution in [3.05, 3.63) is 58.1 Å². The van der Waals surface area contributed by atoms with Gasteiger partial charge in [0.15, 0.2) is 0 Å². The number of benzene rings is 2. The van der Waals surface area contributed by atoms with Crippen molar-refractivity contribution in [3.63, 3.8) is 0 Å². The van der Waals surface area contributed by atoms with Crippen LogP contribution in [0.2, 0.25) is 0 Å². The minimum absolute atomic E-state index is 0.0470. The van der Waals surface area contributed by atoms with Gasteiger partial charge < -0.3 is 15.0 Å². The summed E-state index contributed by atoms with van der Waals surface area (Å²) in [4.78, 5) is 37.2. The van der Waals surface area contributed by atoms with E-state index in [-0.39, 0.29) is 30.2 Å². The van der Waals surface area contributed by atoms with Crippen molar-refractivity contribution in [2.24, 2.45) is 5.92 Å². The summed E-state index contributed by atoms with van der Waals surface area (Å²) in [6.45, 7) is 2.15. The van der Waals surface area contributed by atoms with E-state index in [2.05, 4.69) is 5.32 Å². The van der Waals surface area contributed by atoms with Crippen LogP contribution in [0.25, 0.3) is 0 Å². The van der Waals surface area contributed by atoms with Crippen LogP contribution in [0.5, 0.6) is 5.75 Å². The van der Waals surface area contributed by atoms with Crippen molar-refractivity contribution < 1.29 is 19.2 Å². The third-order valence-corrected chi connectivity index (χ3v) is 4.47. The summed E-state index contributed by atoms with van der Waals surface area (Å²) < 4.78 is 5.06. The van der Waals surface area contributed by atoms with Gasteiger partial charge in [-0.05, 0) is 30.7 Å². The Bertz CT molecular complexity index is 912. The average Bonchev–Trinajstić information content (AvgIpc) is 3.03. The Morgan fingerprint density at radius 1 is 1.30 bits per heavy atom. The Balaban J connectivity index is 1.78. The number of rotatable bonds is 5. The second kappa shape index (κ2) is 7.45. The Hall–Kier alpha value is -3.42. The third-order valence-electron chi connectivity index (χ3n) is 4.47. The van der Waals surface area contributed by atoms with Gasteiger partial charge >= 0.3 is 0 Å². The molecule has 0 radical (unpaired) electrons. The lowest BCUT2D eigenvalue weighted by atomic mass is 10.1. The van der Waals surface area contributed by atoms with E-state index < -0.39 is 16.7 Å². The third kappa shape index (κ3) is 3.89. The molecule has 8 heteroatoms. The molecule has 1 N–H and O–H groups in total. The molecule has 140 valence electrons. The molecule has 0 saturated carbocycles. The first-order valence-electron chi connectivity index (χ1n) is 8.39. The average molecular weight is 369 g/mol. The highest BCUT2D eigenvalue weighted by atomic mass is 16.6. The molecule has 0 spiro atoms. The zero-order chi connectivity index (χ0) is 19.6. The molecular formula is C19H19N3O5. The number of hydrogen-bond acceptors (Lipinski definition) is 5. The summed E-state index contributed by atoms with van der Waals surface area (Å²) in [7, 11) is 1.43. The maximum atomic E-state index is 12.6. The van der Waals surface area contributed by atoms with Gasteiger partial charge in [0, 0.05) is 30.8 Å². The predicted octanol–water partition coefficient (Wildman–Crippen LogP) is 2.90. The molecular weight excluding hydrogens is 350 g/mol. The van der Waals surface area contributed by atoms with E-state index in [9.17, 15) is 19.7 Å². The van der Waals surface area contributed by atoms with E-state index >= 15 is 0 Å². The fourth-order valence-corrected chi connectivity index (χ4v) is 3.06. The van der Waals surface area contributed by atoms with Crippen molar-refractivity contribution in [1.82, 2.24) is 0 Å². The van der Waals surface area contributed by atoms with Gasteiger partial charge in [-0.25, -0.2) is 0 Å². The molecule has 3 rings (SSSR count). The number of carbonyl (C=O) groups excluding carboxylic acids is 2. The SMILES string of the molecule is COc1ccc([N+](=O)[O-])c(NC(=O)[C@H]2CC(=O)N(c3cccc(C)c3)C2)c1. The van der Waals surface area contributed by atoms with E-state index in [0.29, 0.717) is 5.75 Å². The monoisotopic (exact) mass is 369 g/mol. The molecule has 2 aromatic rings. The molecule has 2 aromatic carbocycles. The number of anilines is 2. The Labute approximate surface area is 155 Å². The van der Waals surface area contributed by atoms with Gasteiger partial charge in [-0.2, -0.15) is 0 Å². The van der Waals surface area contributed by atoms with Crippen LogP contribution in [0.1, 0.15) is 12.0 Å². The molecule has 8 nitrogen and oxygen atoms in total. The summed E-state index contributed by atoms with van der Waals surface area (Å²) in [6, 6.07) is 11.6. The van der Waals surface area contributed by atoms with Crippen molar-refractivity contribution in [3.8, 4) is 5.75 Å². The van der Waals surface area contributed by atoms with Gasteiger partial charge in [0.2, 0.25) is 11.8 Å². The molecule has 0 unspecified atom stereocenters. The fraction of sp³-hybridized carbons (Fsp3) is 0.263. The first kappa shape index (κ1) is 18.4. The zero-order valence-corrected chi connectivity index (χ0v) is 15.0. The summed E-state index contributed by atoms with van der Waals surface area (Å²) in [5.41, 5.74) is 1.57. The van der Waals surface area contributed by atoms with Crippen LogP contribution in [-0.4, -0.2) is 30.4 Å². The van der Waals surface area contributed by atoms with Gasteiger partial charge in [-0.3, -0.25) is 19.7 Å². The minimum Gasteiger partial charge on any atom is -0.497 e. The topological polar surface area (TPSA) is 102 Å². The molecule has 27 heavy (non-hydrogen) atoms. The Morgan fingerprint density at radius 3 is 2.74 bits per heavy atom. The molecule has 1 fully saturated rings. The number of ether oxygens (including phenoxy) is 1. The minimum atomic E-state index is -0.594. The number of nitro benzene ring substituents is 1. The normalized spacial score (nSPS) is 16.3. The van der Waals surface area contributed by atoms with Gasteiger partial charge in [-0.1, -0.05) is 12.1 Å². The van der Waals surface area contributed by atoms with Crippen molar-refractivity contribution in [1.29, 1.82) is 0 Å². The van der Waals surface area contributed by atoms with E-state index in [4.69, 9.17) is 4.74 Å². The smallest absolute Gasteiger partial charge is 0.293 e.